The third kappa shape index (κ3) is 2.56. The first-order chi connectivity index (χ1) is 14.5. The van der Waals surface area contributed by atoms with E-state index in [1.807, 2.05) is 18.2 Å². The van der Waals surface area contributed by atoms with E-state index in [0.717, 1.165) is 34.7 Å². The molecule has 4 nitrogen and oxygen atoms in total. The number of benzene rings is 3. The van der Waals surface area contributed by atoms with Gasteiger partial charge in [-0.15, -0.1) is 0 Å². The number of hydrogen-bond donors (Lipinski definition) is 1. The summed E-state index contributed by atoms with van der Waals surface area (Å²) in [5.74, 6) is 1.73. The highest BCUT2D eigenvalue weighted by Gasteiger charge is 2.41. The van der Waals surface area contributed by atoms with Crippen LogP contribution >= 0.6 is 0 Å². The van der Waals surface area contributed by atoms with Crippen LogP contribution in [0, 0.1) is 5.41 Å². The summed E-state index contributed by atoms with van der Waals surface area (Å²) in [4.78, 5) is 13.5. The van der Waals surface area contributed by atoms with E-state index in [0.29, 0.717) is 6.42 Å². The van der Waals surface area contributed by atoms with Crippen LogP contribution in [0.5, 0.6) is 11.5 Å². The predicted octanol–water partition coefficient (Wildman–Crippen LogP) is 5.88. The number of anilines is 1. The van der Waals surface area contributed by atoms with Crippen LogP contribution in [-0.4, -0.2) is 12.6 Å². The molecule has 0 spiro atoms. The standard InChI is InChI=1S/C26H23NO3/c1-26(2)12-18-23-17-6-4-3-5-15(17)7-9-19(23)27-25(24(18)20(28)13-26)16-8-10-21-22(11-16)30-14-29-21/h3-11,25,27H,12-14H2,1-2H3/t25-/m1/s1. The molecular formula is C26H23NO3. The molecule has 6 rings (SSSR count). The second-order valence-corrected chi connectivity index (χ2v) is 9.23. The lowest BCUT2D eigenvalue weighted by atomic mass is 9.68. The third-order valence-electron chi connectivity index (χ3n) is 6.47. The molecule has 1 atom stereocenters. The molecule has 0 saturated carbocycles. The van der Waals surface area contributed by atoms with Crippen molar-refractivity contribution in [2.45, 2.75) is 32.7 Å². The molecule has 4 heteroatoms. The molecule has 3 aromatic rings. The molecule has 2 aliphatic heterocycles. The second-order valence-electron chi connectivity index (χ2n) is 9.23. The summed E-state index contributed by atoms with van der Waals surface area (Å²) in [5.41, 5.74) is 5.32. The summed E-state index contributed by atoms with van der Waals surface area (Å²) >= 11 is 0. The Labute approximate surface area is 175 Å². The maximum atomic E-state index is 13.5. The van der Waals surface area contributed by atoms with Crippen molar-refractivity contribution in [3.63, 3.8) is 0 Å². The van der Waals surface area contributed by atoms with Gasteiger partial charge >= 0.3 is 0 Å². The van der Waals surface area contributed by atoms with E-state index >= 15 is 0 Å². The first-order valence-electron chi connectivity index (χ1n) is 10.4. The normalized spacial score (nSPS) is 21.3. The van der Waals surface area contributed by atoms with E-state index in [1.165, 1.54) is 21.9 Å². The van der Waals surface area contributed by atoms with Gasteiger partial charge in [-0.1, -0.05) is 50.2 Å². The van der Waals surface area contributed by atoms with Gasteiger partial charge in [0.1, 0.15) is 0 Å². The number of nitrogens with one attached hydrogen (secondary N) is 1. The van der Waals surface area contributed by atoms with Crippen LogP contribution in [0.2, 0.25) is 0 Å². The molecule has 0 bridgehead atoms. The Bertz CT molecular complexity index is 1250. The van der Waals surface area contributed by atoms with Crippen LogP contribution in [0.1, 0.15) is 43.9 Å². The summed E-state index contributed by atoms with van der Waals surface area (Å²) in [6.45, 7) is 4.63. The lowest BCUT2D eigenvalue weighted by molar-refractivity contribution is -0.118. The predicted molar refractivity (Wildman–Crippen MR) is 118 cm³/mol. The molecule has 0 fully saturated rings. The minimum absolute atomic E-state index is 0.0547. The van der Waals surface area contributed by atoms with Gasteiger partial charge in [-0.3, -0.25) is 4.79 Å². The first kappa shape index (κ1) is 17.6. The van der Waals surface area contributed by atoms with Gasteiger partial charge in [0.05, 0.1) is 6.04 Å². The first-order valence-corrected chi connectivity index (χ1v) is 10.4. The topological polar surface area (TPSA) is 47.6 Å². The lowest BCUT2D eigenvalue weighted by Crippen LogP contribution is -2.33. The summed E-state index contributed by atoms with van der Waals surface area (Å²) in [6, 6.07) is 18.5. The highest BCUT2D eigenvalue weighted by molar-refractivity contribution is 6.12. The third-order valence-corrected chi connectivity index (χ3v) is 6.47. The summed E-state index contributed by atoms with van der Waals surface area (Å²) < 4.78 is 11.1. The minimum atomic E-state index is -0.188. The average Bonchev–Trinajstić information content (AvgIpc) is 3.19. The highest BCUT2D eigenvalue weighted by atomic mass is 16.7. The summed E-state index contributed by atoms with van der Waals surface area (Å²) in [7, 11) is 0. The number of Topliss-reactive ketones (excluding diaryl/α,β-unsaturated/α-hetero) is 1. The van der Waals surface area contributed by atoms with Gasteiger partial charge in [0.2, 0.25) is 6.79 Å². The van der Waals surface area contributed by atoms with Crippen molar-refractivity contribution in [1.29, 1.82) is 0 Å². The van der Waals surface area contributed by atoms with Crippen LogP contribution in [0.15, 0.2) is 60.2 Å². The molecule has 1 N–H and O–H groups in total. The Balaban J connectivity index is 1.60. The SMILES string of the molecule is CC1(C)CC(=O)C2=C(C1)c1c(ccc3ccccc13)N[C@@H]2c1ccc2c(c1)OCO2. The molecule has 30 heavy (non-hydrogen) atoms. The van der Waals surface area contributed by atoms with E-state index in [1.54, 1.807) is 0 Å². The smallest absolute Gasteiger partial charge is 0.231 e. The number of fused-ring (bicyclic) bond motifs is 5. The van der Waals surface area contributed by atoms with Crippen LogP contribution in [0.25, 0.3) is 16.3 Å². The van der Waals surface area contributed by atoms with Gasteiger partial charge in [0.15, 0.2) is 17.3 Å². The molecule has 2 heterocycles. The molecular weight excluding hydrogens is 374 g/mol. The van der Waals surface area contributed by atoms with Crippen LogP contribution in [-0.2, 0) is 4.79 Å². The molecule has 0 unspecified atom stereocenters. The zero-order valence-electron chi connectivity index (χ0n) is 17.1. The molecule has 1 aliphatic carbocycles. The van der Waals surface area contributed by atoms with Crippen molar-refractivity contribution in [2.75, 3.05) is 12.1 Å². The maximum Gasteiger partial charge on any atom is 0.231 e. The van der Waals surface area contributed by atoms with Crippen molar-refractivity contribution in [3.05, 3.63) is 71.3 Å². The number of rotatable bonds is 1. The van der Waals surface area contributed by atoms with Crippen molar-refractivity contribution >= 4 is 27.8 Å². The van der Waals surface area contributed by atoms with E-state index in [2.05, 4.69) is 55.6 Å². The fraction of sp³-hybridized carbons (Fsp3) is 0.269. The fourth-order valence-corrected chi connectivity index (χ4v) is 5.18. The minimum Gasteiger partial charge on any atom is -0.454 e. The molecule has 0 saturated heterocycles. The quantitative estimate of drug-likeness (QED) is 0.557. The van der Waals surface area contributed by atoms with E-state index in [9.17, 15) is 4.79 Å². The number of carbonyl (C=O) groups excluding carboxylic acids is 1. The number of carbonyl (C=O) groups is 1. The van der Waals surface area contributed by atoms with Gasteiger partial charge in [-0.2, -0.15) is 0 Å². The number of hydrogen-bond acceptors (Lipinski definition) is 4. The maximum absolute atomic E-state index is 13.5. The molecule has 0 aromatic heterocycles. The van der Waals surface area contributed by atoms with Gasteiger partial charge in [-0.25, -0.2) is 0 Å². The van der Waals surface area contributed by atoms with E-state index in [4.69, 9.17) is 9.47 Å². The van der Waals surface area contributed by atoms with Crippen LogP contribution < -0.4 is 14.8 Å². The molecule has 0 amide bonds. The Morgan fingerprint density at radius 1 is 0.967 bits per heavy atom. The lowest BCUT2D eigenvalue weighted by Gasteiger charge is -2.40. The Morgan fingerprint density at radius 2 is 1.80 bits per heavy atom. The molecule has 150 valence electrons. The van der Waals surface area contributed by atoms with Crippen LogP contribution in [0.3, 0.4) is 0 Å². The van der Waals surface area contributed by atoms with Gasteiger partial charge in [-0.05, 0) is 51.9 Å². The number of allylic oxidation sites excluding steroid dienone is 1. The molecule has 3 aromatic carbocycles. The molecule has 3 aliphatic rings. The van der Waals surface area contributed by atoms with Crippen molar-refractivity contribution in [3.8, 4) is 11.5 Å². The monoisotopic (exact) mass is 397 g/mol. The van der Waals surface area contributed by atoms with Crippen molar-refractivity contribution in [2.24, 2.45) is 5.41 Å². The van der Waals surface area contributed by atoms with Gasteiger partial charge in [0.25, 0.3) is 0 Å². The largest absolute Gasteiger partial charge is 0.454 e. The van der Waals surface area contributed by atoms with Crippen molar-refractivity contribution < 1.29 is 14.3 Å². The highest BCUT2D eigenvalue weighted by Crippen LogP contribution is 2.52. The van der Waals surface area contributed by atoms with Crippen molar-refractivity contribution in [1.82, 2.24) is 0 Å². The number of ketones is 1. The Hall–Kier alpha value is -3.27. The summed E-state index contributed by atoms with van der Waals surface area (Å²) in [5, 5.41) is 6.07. The van der Waals surface area contributed by atoms with Gasteiger partial charge < -0.3 is 14.8 Å². The zero-order chi connectivity index (χ0) is 20.5. The summed E-state index contributed by atoms with van der Waals surface area (Å²) in [6.07, 6.45) is 1.45. The fourth-order valence-electron chi connectivity index (χ4n) is 5.18. The average molecular weight is 397 g/mol. The number of ether oxygens (including phenoxy) is 2. The van der Waals surface area contributed by atoms with Crippen LogP contribution in [0.4, 0.5) is 5.69 Å². The Kier molecular flexibility index (Phi) is 3.58. The zero-order valence-corrected chi connectivity index (χ0v) is 17.1. The van der Waals surface area contributed by atoms with E-state index < -0.39 is 0 Å². The Morgan fingerprint density at radius 3 is 2.70 bits per heavy atom. The van der Waals surface area contributed by atoms with E-state index in [-0.39, 0.29) is 24.0 Å². The molecule has 0 radical (unpaired) electrons. The second kappa shape index (κ2) is 6.11. The van der Waals surface area contributed by atoms with Gasteiger partial charge in [0, 0.05) is 23.2 Å².